The molecule has 2 fully saturated rings. The van der Waals surface area contributed by atoms with Gasteiger partial charge in [-0.2, -0.15) is 9.40 Å². The van der Waals surface area contributed by atoms with E-state index in [1.165, 1.54) is 6.07 Å². The number of sulfonamides is 1. The van der Waals surface area contributed by atoms with E-state index in [0.717, 1.165) is 18.4 Å². The van der Waals surface area contributed by atoms with Gasteiger partial charge in [0, 0.05) is 24.9 Å². The molecule has 0 aliphatic carbocycles. The van der Waals surface area contributed by atoms with Crippen LogP contribution in [-0.2, 0) is 10.0 Å². The maximum Gasteiger partial charge on any atom is 0.247 e. The molecule has 0 saturated carbocycles. The van der Waals surface area contributed by atoms with Gasteiger partial charge in [-0.3, -0.25) is 5.10 Å². The molecule has 2 aliphatic rings. The number of rotatable bonds is 4. The van der Waals surface area contributed by atoms with E-state index in [9.17, 15) is 12.8 Å². The molecule has 1 N–H and O–H groups in total. The Morgan fingerprint density at radius 2 is 1.85 bits per heavy atom. The van der Waals surface area contributed by atoms with Crippen LogP contribution >= 0.6 is 0 Å². The van der Waals surface area contributed by atoms with Crippen LogP contribution in [0.25, 0.3) is 0 Å². The van der Waals surface area contributed by atoms with E-state index in [2.05, 4.69) is 10.2 Å². The Bertz CT molecular complexity index is 939. The maximum absolute atomic E-state index is 14.1. The van der Waals surface area contributed by atoms with Gasteiger partial charge in [-0.05, 0) is 51.3 Å². The van der Waals surface area contributed by atoms with Crippen LogP contribution in [0.3, 0.4) is 0 Å². The van der Waals surface area contributed by atoms with E-state index in [4.69, 9.17) is 4.74 Å². The van der Waals surface area contributed by atoms with Crippen LogP contribution in [-0.4, -0.2) is 41.1 Å². The van der Waals surface area contributed by atoms with Gasteiger partial charge in [0.2, 0.25) is 10.0 Å². The molecule has 3 atom stereocenters. The molecular weight excluding hydrogens is 369 g/mol. The molecule has 2 bridgehead atoms. The number of aryl methyl sites for hydroxylation is 3. The summed E-state index contributed by atoms with van der Waals surface area (Å²) in [6.45, 7) is 5.26. The van der Waals surface area contributed by atoms with Gasteiger partial charge in [0.1, 0.15) is 11.0 Å². The second-order valence-electron chi connectivity index (χ2n) is 7.63. The lowest BCUT2D eigenvalue weighted by Gasteiger charge is -2.37. The summed E-state index contributed by atoms with van der Waals surface area (Å²) in [6.07, 6.45) is 2.56. The summed E-state index contributed by atoms with van der Waals surface area (Å²) in [4.78, 5) is 0.281. The summed E-state index contributed by atoms with van der Waals surface area (Å²) in [6, 6.07) is 4.67. The van der Waals surface area contributed by atoms with Crippen molar-refractivity contribution in [1.82, 2.24) is 14.5 Å². The Balaban J connectivity index is 1.56. The van der Waals surface area contributed by atoms with Crippen molar-refractivity contribution in [2.24, 2.45) is 0 Å². The highest BCUT2D eigenvalue weighted by molar-refractivity contribution is 7.89. The molecule has 146 valence electrons. The van der Waals surface area contributed by atoms with Gasteiger partial charge in [-0.1, -0.05) is 6.07 Å². The number of piperidine rings is 1. The van der Waals surface area contributed by atoms with Crippen molar-refractivity contribution in [2.45, 2.75) is 69.5 Å². The van der Waals surface area contributed by atoms with Crippen molar-refractivity contribution in [2.75, 3.05) is 0 Å². The predicted octanol–water partition coefficient (Wildman–Crippen LogP) is 3.24. The fourth-order valence-electron chi connectivity index (χ4n) is 4.48. The van der Waals surface area contributed by atoms with Crippen molar-refractivity contribution >= 4 is 10.0 Å². The smallest absolute Gasteiger partial charge is 0.247 e. The molecule has 27 heavy (non-hydrogen) atoms. The largest absolute Gasteiger partial charge is 0.487 e. The standard InChI is InChI=1S/C19H24FN3O3S/c1-11-4-7-18(17(20)8-11)26-16-9-14-5-6-15(10-16)23(14)27(24,25)19-12(2)21-22-13(19)3/h4,7-8,14-16H,5-6,9-10H2,1-3H3,(H,21,22)/t14-,15+,16-. The van der Waals surface area contributed by atoms with E-state index in [-0.39, 0.29) is 34.6 Å². The molecule has 0 radical (unpaired) electrons. The summed E-state index contributed by atoms with van der Waals surface area (Å²) in [5.41, 5.74) is 1.89. The monoisotopic (exact) mass is 393 g/mol. The predicted molar refractivity (Wildman–Crippen MR) is 98.7 cm³/mol. The van der Waals surface area contributed by atoms with Crippen molar-refractivity contribution in [3.63, 3.8) is 0 Å². The maximum atomic E-state index is 14.1. The van der Waals surface area contributed by atoms with E-state index in [1.54, 1.807) is 24.2 Å². The number of benzene rings is 1. The van der Waals surface area contributed by atoms with Crippen LogP contribution in [0.2, 0.25) is 0 Å². The van der Waals surface area contributed by atoms with Gasteiger partial charge in [0.05, 0.1) is 11.4 Å². The number of fused-ring (bicyclic) bond motifs is 2. The number of H-pyrrole nitrogens is 1. The fraction of sp³-hybridized carbons (Fsp3) is 0.526. The molecule has 6 nitrogen and oxygen atoms in total. The molecule has 2 aliphatic heterocycles. The van der Waals surface area contributed by atoms with Crippen LogP contribution in [0.1, 0.15) is 42.6 Å². The molecule has 4 rings (SSSR count). The van der Waals surface area contributed by atoms with E-state index in [0.29, 0.717) is 24.2 Å². The first-order chi connectivity index (χ1) is 12.8. The number of halogens is 1. The topological polar surface area (TPSA) is 75.3 Å². The van der Waals surface area contributed by atoms with E-state index >= 15 is 0 Å². The zero-order valence-corrected chi connectivity index (χ0v) is 16.5. The molecule has 8 heteroatoms. The molecule has 1 aromatic heterocycles. The Kier molecular flexibility index (Phi) is 4.50. The molecule has 0 spiro atoms. The quantitative estimate of drug-likeness (QED) is 0.865. The number of nitrogens with zero attached hydrogens (tertiary/aromatic N) is 2. The summed E-state index contributed by atoms with van der Waals surface area (Å²) in [5, 5.41) is 6.80. The van der Waals surface area contributed by atoms with E-state index in [1.807, 2.05) is 13.0 Å². The zero-order valence-electron chi connectivity index (χ0n) is 15.7. The van der Waals surface area contributed by atoms with Crippen LogP contribution < -0.4 is 4.74 Å². The zero-order chi connectivity index (χ0) is 19.3. The second-order valence-corrected chi connectivity index (χ2v) is 9.41. The van der Waals surface area contributed by atoms with Gasteiger partial charge >= 0.3 is 0 Å². The SMILES string of the molecule is Cc1ccc(O[C@@H]2C[C@H]3CC[C@@H](C2)N3S(=O)(=O)c2c(C)n[nH]c2C)c(F)c1. The molecule has 1 aromatic carbocycles. The minimum atomic E-state index is -3.62. The molecular formula is C19H24FN3O3S. The average Bonchev–Trinajstić information content (AvgIpc) is 3.08. The number of nitrogens with one attached hydrogen (secondary N) is 1. The third kappa shape index (κ3) is 3.14. The Morgan fingerprint density at radius 3 is 2.41 bits per heavy atom. The lowest BCUT2D eigenvalue weighted by atomic mass is 10.0. The van der Waals surface area contributed by atoms with Gasteiger partial charge in [0.25, 0.3) is 0 Å². The van der Waals surface area contributed by atoms with E-state index < -0.39 is 10.0 Å². The molecule has 2 aromatic rings. The number of hydrogen-bond acceptors (Lipinski definition) is 4. The minimum absolute atomic E-state index is 0.124. The summed E-state index contributed by atoms with van der Waals surface area (Å²) in [7, 11) is -3.62. The summed E-state index contributed by atoms with van der Waals surface area (Å²) in [5.74, 6) is -0.134. The summed E-state index contributed by atoms with van der Waals surface area (Å²) >= 11 is 0. The Morgan fingerprint density at radius 1 is 1.19 bits per heavy atom. The second kappa shape index (κ2) is 6.60. The van der Waals surface area contributed by atoms with Crippen LogP contribution in [0.4, 0.5) is 4.39 Å². The molecule has 2 saturated heterocycles. The third-order valence-electron chi connectivity index (χ3n) is 5.60. The van der Waals surface area contributed by atoms with Gasteiger partial charge < -0.3 is 4.74 Å². The molecule has 3 heterocycles. The summed E-state index contributed by atoms with van der Waals surface area (Å²) < 4.78 is 48.2. The first kappa shape index (κ1) is 18.4. The fourth-order valence-corrected chi connectivity index (χ4v) is 6.71. The van der Waals surface area contributed by atoms with Gasteiger partial charge in [-0.15, -0.1) is 0 Å². The Labute approximate surface area is 158 Å². The number of aromatic nitrogens is 2. The highest BCUT2D eigenvalue weighted by Gasteiger charge is 2.49. The van der Waals surface area contributed by atoms with Gasteiger partial charge in [-0.25, -0.2) is 12.8 Å². The van der Waals surface area contributed by atoms with Crippen molar-refractivity contribution in [3.8, 4) is 5.75 Å². The van der Waals surface area contributed by atoms with Crippen molar-refractivity contribution in [3.05, 3.63) is 41.0 Å². The van der Waals surface area contributed by atoms with Crippen LogP contribution in [0, 0.1) is 26.6 Å². The third-order valence-corrected chi connectivity index (χ3v) is 7.87. The number of hydrogen-bond donors (Lipinski definition) is 1. The first-order valence-corrected chi connectivity index (χ1v) is 10.7. The minimum Gasteiger partial charge on any atom is -0.487 e. The molecule has 0 unspecified atom stereocenters. The lowest BCUT2D eigenvalue weighted by Crippen LogP contribution is -2.49. The van der Waals surface area contributed by atoms with Crippen LogP contribution in [0.15, 0.2) is 23.1 Å². The van der Waals surface area contributed by atoms with Crippen molar-refractivity contribution < 1.29 is 17.5 Å². The Hall–Kier alpha value is -1.93. The average molecular weight is 393 g/mol. The highest BCUT2D eigenvalue weighted by atomic mass is 32.2. The molecule has 0 amide bonds. The van der Waals surface area contributed by atoms with Gasteiger partial charge in [0.15, 0.2) is 11.6 Å². The normalized spacial score (nSPS) is 25.7. The first-order valence-electron chi connectivity index (χ1n) is 9.25. The lowest BCUT2D eigenvalue weighted by molar-refractivity contribution is 0.0921. The number of ether oxygens (including phenoxy) is 1. The van der Waals surface area contributed by atoms with Crippen molar-refractivity contribution in [1.29, 1.82) is 0 Å². The highest BCUT2D eigenvalue weighted by Crippen LogP contribution is 2.41. The number of aromatic amines is 1. The van der Waals surface area contributed by atoms with Crippen LogP contribution in [0.5, 0.6) is 5.75 Å².